The molecule has 3 atom stereocenters. The van der Waals surface area contributed by atoms with Crippen LogP contribution >= 0.6 is 0 Å². The number of nitrogens with one attached hydrogen (secondary N) is 1. The molecule has 0 aromatic heterocycles. The number of fused-ring (bicyclic) bond motifs is 1. The molecule has 5 rings (SSSR count). The van der Waals surface area contributed by atoms with Gasteiger partial charge in [-0.1, -0.05) is 36.4 Å². The molecule has 2 aromatic carbocycles. The van der Waals surface area contributed by atoms with E-state index in [1.54, 1.807) is 0 Å². The number of nitrogens with zero attached hydrogens (tertiary/aromatic N) is 1. The Balaban J connectivity index is 1.27. The fourth-order valence-electron chi connectivity index (χ4n) is 4.29. The molecule has 5 nitrogen and oxygen atoms in total. The van der Waals surface area contributed by atoms with Gasteiger partial charge in [0.25, 0.3) is 0 Å². The Hall–Kier alpha value is -2.69. The molecule has 1 saturated carbocycles. The van der Waals surface area contributed by atoms with Crippen molar-refractivity contribution in [2.24, 2.45) is 0 Å². The van der Waals surface area contributed by atoms with Gasteiger partial charge in [-0.3, -0.25) is 0 Å². The number of rotatable bonds is 3. The smallest absolute Gasteiger partial charge is 0.318 e. The van der Waals surface area contributed by atoms with E-state index in [2.05, 4.69) is 35.6 Å². The summed E-state index contributed by atoms with van der Waals surface area (Å²) in [5.74, 6) is 2.03. The van der Waals surface area contributed by atoms with E-state index >= 15 is 0 Å². The van der Waals surface area contributed by atoms with Crippen LogP contribution in [0, 0.1) is 0 Å². The molecule has 2 amide bonds. The van der Waals surface area contributed by atoms with E-state index in [9.17, 15) is 4.79 Å². The van der Waals surface area contributed by atoms with Crippen LogP contribution in [0.1, 0.15) is 42.3 Å². The first-order chi connectivity index (χ1) is 13.3. The van der Waals surface area contributed by atoms with Gasteiger partial charge in [0.15, 0.2) is 11.5 Å². The summed E-state index contributed by atoms with van der Waals surface area (Å²) in [4.78, 5) is 14.9. The van der Waals surface area contributed by atoms with Gasteiger partial charge in [-0.2, -0.15) is 0 Å². The molecule has 5 heteroatoms. The van der Waals surface area contributed by atoms with Gasteiger partial charge in [-0.25, -0.2) is 4.79 Å². The number of carbonyl (C=O) groups excluding carboxylic acids is 1. The molecule has 1 aliphatic carbocycles. The Labute approximate surface area is 159 Å². The number of ether oxygens (including phenoxy) is 2. The largest absolute Gasteiger partial charge is 0.486 e. The first-order valence-corrected chi connectivity index (χ1v) is 9.81. The van der Waals surface area contributed by atoms with Crippen LogP contribution in [0.25, 0.3) is 0 Å². The zero-order valence-corrected chi connectivity index (χ0v) is 15.3. The molecule has 2 heterocycles. The average Bonchev–Trinajstić information content (AvgIpc) is 3.30. The lowest BCUT2D eigenvalue weighted by molar-refractivity contribution is 0.170. The average molecular weight is 364 g/mol. The normalized spacial score (nSPS) is 25.9. The Morgan fingerprint density at radius 3 is 2.67 bits per heavy atom. The van der Waals surface area contributed by atoms with Crippen molar-refractivity contribution in [1.29, 1.82) is 0 Å². The number of benzene rings is 2. The predicted molar refractivity (Wildman–Crippen MR) is 102 cm³/mol. The highest BCUT2D eigenvalue weighted by Gasteiger charge is 2.41. The number of urea groups is 1. The lowest BCUT2D eigenvalue weighted by Gasteiger charge is -2.27. The van der Waals surface area contributed by atoms with Gasteiger partial charge in [-0.05, 0) is 42.5 Å². The molecule has 2 fully saturated rings. The number of likely N-dealkylation sites (tertiary alicyclic amines) is 1. The molecular weight excluding hydrogens is 340 g/mol. The number of hydrogen-bond donors (Lipinski definition) is 1. The SMILES string of the molecule is O=C(N[C@@H]1C[C@@H]1c1ccccc1)N1CCC[C@@H]1c1ccc2c(c1)OCCO2. The van der Waals surface area contributed by atoms with Gasteiger partial charge in [0.2, 0.25) is 0 Å². The maximum atomic E-state index is 12.9. The monoisotopic (exact) mass is 364 g/mol. The van der Waals surface area contributed by atoms with Crippen molar-refractivity contribution in [3.05, 3.63) is 59.7 Å². The third-order valence-corrected chi connectivity index (χ3v) is 5.79. The van der Waals surface area contributed by atoms with E-state index in [4.69, 9.17) is 9.47 Å². The van der Waals surface area contributed by atoms with Crippen molar-refractivity contribution in [3.63, 3.8) is 0 Å². The lowest BCUT2D eigenvalue weighted by Crippen LogP contribution is -2.40. The molecule has 27 heavy (non-hydrogen) atoms. The molecule has 1 N–H and O–H groups in total. The van der Waals surface area contributed by atoms with Crippen LogP contribution in [-0.4, -0.2) is 36.7 Å². The lowest BCUT2D eigenvalue weighted by atomic mass is 10.0. The molecule has 0 spiro atoms. The van der Waals surface area contributed by atoms with Gasteiger partial charge < -0.3 is 19.7 Å². The Morgan fingerprint density at radius 1 is 1.00 bits per heavy atom. The zero-order valence-electron chi connectivity index (χ0n) is 15.3. The molecule has 1 saturated heterocycles. The van der Waals surface area contributed by atoms with Crippen LogP contribution in [0.5, 0.6) is 11.5 Å². The van der Waals surface area contributed by atoms with E-state index in [-0.39, 0.29) is 18.1 Å². The summed E-state index contributed by atoms with van der Waals surface area (Å²) < 4.78 is 11.3. The van der Waals surface area contributed by atoms with Crippen molar-refractivity contribution in [2.75, 3.05) is 19.8 Å². The van der Waals surface area contributed by atoms with Crippen molar-refractivity contribution < 1.29 is 14.3 Å². The minimum absolute atomic E-state index is 0.0517. The van der Waals surface area contributed by atoms with Crippen molar-refractivity contribution in [3.8, 4) is 11.5 Å². The number of carbonyl (C=O) groups is 1. The Kier molecular flexibility index (Phi) is 4.15. The van der Waals surface area contributed by atoms with E-state index in [0.717, 1.165) is 42.9 Å². The fourth-order valence-corrected chi connectivity index (χ4v) is 4.29. The molecule has 2 aromatic rings. The van der Waals surface area contributed by atoms with Gasteiger partial charge in [0.1, 0.15) is 13.2 Å². The highest BCUT2D eigenvalue weighted by atomic mass is 16.6. The van der Waals surface area contributed by atoms with Crippen LogP contribution in [0.3, 0.4) is 0 Å². The minimum Gasteiger partial charge on any atom is -0.486 e. The second kappa shape index (κ2) is 6.80. The van der Waals surface area contributed by atoms with Crippen LogP contribution in [0.4, 0.5) is 4.79 Å². The second-order valence-corrected chi connectivity index (χ2v) is 7.56. The second-order valence-electron chi connectivity index (χ2n) is 7.56. The summed E-state index contributed by atoms with van der Waals surface area (Å²) in [6.45, 7) is 1.97. The molecule has 2 aliphatic heterocycles. The Bertz CT molecular complexity index is 839. The van der Waals surface area contributed by atoms with Crippen LogP contribution in [0.2, 0.25) is 0 Å². The van der Waals surface area contributed by atoms with Gasteiger partial charge in [0, 0.05) is 18.5 Å². The standard InChI is InChI=1S/C22H24N2O3/c25-22(23-18-14-17(18)15-5-2-1-3-6-15)24-10-4-7-19(24)16-8-9-20-21(13-16)27-12-11-26-20/h1-3,5-6,8-9,13,17-19H,4,7,10-12,14H2,(H,23,25)/t17-,18-,19-/m1/s1. The predicted octanol–water partition coefficient (Wildman–Crippen LogP) is 3.86. The maximum Gasteiger partial charge on any atom is 0.318 e. The summed E-state index contributed by atoms with van der Waals surface area (Å²) in [5.41, 5.74) is 2.44. The fraction of sp³-hybridized carbons (Fsp3) is 0.409. The topological polar surface area (TPSA) is 50.8 Å². The van der Waals surface area contributed by atoms with Gasteiger partial charge >= 0.3 is 6.03 Å². The van der Waals surface area contributed by atoms with Crippen LogP contribution in [-0.2, 0) is 0 Å². The molecule has 3 aliphatic rings. The van der Waals surface area contributed by atoms with Gasteiger partial charge in [0.05, 0.1) is 6.04 Å². The third kappa shape index (κ3) is 3.22. The summed E-state index contributed by atoms with van der Waals surface area (Å²) in [6.07, 6.45) is 3.04. The summed E-state index contributed by atoms with van der Waals surface area (Å²) in [7, 11) is 0. The highest BCUT2D eigenvalue weighted by molar-refractivity contribution is 5.76. The van der Waals surface area contributed by atoms with Crippen LogP contribution in [0.15, 0.2) is 48.5 Å². The first kappa shape index (κ1) is 16.5. The van der Waals surface area contributed by atoms with Crippen molar-refractivity contribution in [1.82, 2.24) is 10.2 Å². The van der Waals surface area contributed by atoms with E-state index in [1.807, 2.05) is 23.1 Å². The van der Waals surface area contributed by atoms with E-state index < -0.39 is 0 Å². The maximum absolute atomic E-state index is 12.9. The highest BCUT2D eigenvalue weighted by Crippen LogP contribution is 2.42. The number of hydrogen-bond acceptors (Lipinski definition) is 3. The quantitative estimate of drug-likeness (QED) is 0.900. The van der Waals surface area contributed by atoms with E-state index in [1.165, 1.54) is 5.56 Å². The molecule has 0 bridgehead atoms. The van der Waals surface area contributed by atoms with Crippen molar-refractivity contribution in [2.45, 2.75) is 37.3 Å². The third-order valence-electron chi connectivity index (χ3n) is 5.79. The van der Waals surface area contributed by atoms with Crippen molar-refractivity contribution >= 4 is 6.03 Å². The summed E-state index contributed by atoms with van der Waals surface area (Å²) in [5, 5.41) is 3.24. The summed E-state index contributed by atoms with van der Waals surface area (Å²) >= 11 is 0. The molecule has 140 valence electrons. The molecule has 0 radical (unpaired) electrons. The molecule has 0 unspecified atom stereocenters. The number of amides is 2. The minimum atomic E-state index is 0.0517. The zero-order chi connectivity index (χ0) is 18.2. The van der Waals surface area contributed by atoms with Gasteiger partial charge in [-0.15, -0.1) is 0 Å². The molecular formula is C22H24N2O3. The first-order valence-electron chi connectivity index (χ1n) is 9.81. The Morgan fingerprint density at radius 2 is 1.81 bits per heavy atom. The van der Waals surface area contributed by atoms with E-state index in [0.29, 0.717) is 19.1 Å². The van der Waals surface area contributed by atoms with Crippen LogP contribution < -0.4 is 14.8 Å². The summed E-state index contributed by atoms with van der Waals surface area (Å²) in [6, 6.07) is 16.9.